The van der Waals surface area contributed by atoms with Crippen molar-refractivity contribution in [3.63, 3.8) is 0 Å². The third-order valence-electron chi connectivity index (χ3n) is 8.16. The topological polar surface area (TPSA) is 159 Å². The van der Waals surface area contributed by atoms with Gasteiger partial charge in [0.2, 0.25) is 11.8 Å². The minimum absolute atomic E-state index is 0.0516. The van der Waals surface area contributed by atoms with E-state index in [1.165, 1.54) is 4.90 Å². The smallest absolute Gasteiger partial charge is 0.247 e. The Morgan fingerprint density at radius 1 is 1.03 bits per heavy atom. The molecular weight excluding hydrogens is 514 g/mol. The molecule has 2 aromatic rings. The molecule has 2 amide bonds. The van der Waals surface area contributed by atoms with Gasteiger partial charge in [-0.15, -0.1) is 0 Å². The Balaban J connectivity index is 1.75. The van der Waals surface area contributed by atoms with Gasteiger partial charge >= 0.3 is 0 Å². The van der Waals surface area contributed by atoms with Gasteiger partial charge in [-0.05, 0) is 43.2 Å². The molecule has 1 aliphatic carbocycles. The van der Waals surface area contributed by atoms with E-state index in [1.54, 1.807) is 55.5 Å². The quantitative estimate of drug-likeness (QED) is 0.276. The van der Waals surface area contributed by atoms with Crippen LogP contribution >= 0.6 is 0 Å². The van der Waals surface area contributed by atoms with Crippen LogP contribution in [0.4, 0.5) is 0 Å². The normalized spacial score (nSPS) is 22.8. The summed E-state index contributed by atoms with van der Waals surface area (Å²) in [5.74, 6) is -1.40. The lowest BCUT2D eigenvalue weighted by molar-refractivity contribution is -0.150. The first-order chi connectivity index (χ1) is 18.6. The molecule has 39 heavy (non-hydrogen) atoms. The predicted molar refractivity (Wildman–Crippen MR) is 151 cm³/mol. The van der Waals surface area contributed by atoms with Gasteiger partial charge in [0.05, 0.1) is 17.0 Å². The van der Waals surface area contributed by atoms with Crippen LogP contribution in [-0.2, 0) is 31.7 Å². The Hall–Kier alpha value is -3.24. The van der Waals surface area contributed by atoms with Crippen molar-refractivity contribution < 1.29 is 18.0 Å². The lowest BCUT2D eigenvalue weighted by Crippen LogP contribution is -2.69. The molecule has 210 valence electrons. The fourth-order valence-electron chi connectivity index (χ4n) is 6.33. The number of carbonyl (C=O) groups is 2. The molecule has 2 fully saturated rings. The highest BCUT2D eigenvalue weighted by molar-refractivity contribution is 7.91. The molecule has 0 radical (unpaired) electrons. The zero-order valence-electron chi connectivity index (χ0n) is 22.4. The number of hydrogen-bond acceptors (Lipinski definition) is 6. The Labute approximate surface area is 230 Å². The van der Waals surface area contributed by atoms with Crippen LogP contribution in [0.5, 0.6) is 0 Å². The van der Waals surface area contributed by atoms with Gasteiger partial charge in [-0.3, -0.25) is 15.0 Å². The summed E-state index contributed by atoms with van der Waals surface area (Å²) in [5.41, 5.74) is 12.1. The van der Waals surface area contributed by atoms with Crippen molar-refractivity contribution in [1.29, 1.82) is 5.41 Å². The molecule has 1 heterocycles. The van der Waals surface area contributed by atoms with E-state index in [1.807, 2.05) is 6.07 Å². The summed E-state index contributed by atoms with van der Waals surface area (Å²) in [6.07, 6.45) is 4.28. The number of nitrogens with zero attached hydrogens (tertiary/aromatic N) is 1. The lowest BCUT2D eigenvalue weighted by atomic mass is 9.72. The van der Waals surface area contributed by atoms with E-state index in [0.29, 0.717) is 24.0 Å². The molecule has 10 heteroatoms. The second-order valence-corrected chi connectivity index (χ2v) is 13.0. The van der Waals surface area contributed by atoms with Crippen LogP contribution in [0.3, 0.4) is 0 Å². The van der Waals surface area contributed by atoms with Crippen molar-refractivity contribution in [3.8, 4) is 0 Å². The number of carbonyl (C=O) groups excluding carboxylic acids is 2. The number of rotatable bonds is 9. The van der Waals surface area contributed by atoms with Crippen molar-refractivity contribution in [1.82, 2.24) is 10.2 Å². The van der Waals surface area contributed by atoms with E-state index >= 15 is 0 Å². The van der Waals surface area contributed by atoms with Crippen LogP contribution in [-0.4, -0.2) is 54.3 Å². The van der Waals surface area contributed by atoms with Gasteiger partial charge in [0, 0.05) is 18.7 Å². The third-order valence-corrected chi connectivity index (χ3v) is 10.4. The number of likely N-dealkylation sites (tertiary alicyclic amines) is 1. The Kier molecular flexibility index (Phi) is 8.76. The minimum Gasteiger partial charge on any atom is -0.384 e. The monoisotopic (exact) mass is 553 g/mol. The average molecular weight is 554 g/mol. The highest BCUT2D eigenvalue weighted by Crippen LogP contribution is 2.47. The van der Waals surface area contributed by atoms with E-state index < -0.39 is 38.5 Å². The van der Waals surface area contributed by atoms with Crippen LogP contribution in [0.25, 0.3) is 0 Å². The van der Waals surface area contributed by atoms with Gasteiger partial charge in [-0.2, -0.15) is 0 Å². The van der Waals surface area contributed by atoms with E-state index in [9.17, 15) is 18.0 Å². The molecule has 9 nitrogen and oxygen atoms in total. The van der Waals surface area contributed by atoms with Gasteiger partial charge in [0.25, 0.3) is 0 Å². The largest absolute Gasteiger partial charge is 0.384 e. The van der Waals surface area contributed by atoms with Gasteiger partial charge in [-0.25, -0.2) is 8.42 Å². The Bertz CT molecular complexity index is 1290. The van der Waals surface area contributed by atoms with Gasteiger partial charge in [0.1, 0.15) is 11.4 Å². The number of nitrogens with two attached hydrogens (primary N) is 2. The van der Waals surface area contributed by atoms with Crippen LogP contribution < -0.4 is 16.8 Å². The molecule has 1 saturated heterocycles. The van der Waals surface area contributed by atoms with Gasteiger partial charge in [-0.1, -0.05) is 73.9 Å². The molecular formula is C29H39N5O4S. The number of nitrogen functional groups attached to an aromatic ring is 1. The zero-order valence-corrected chi connectivity index (χ0v) is 23.3. The summed E-state index contributed by atoms with van der Waals surface area (Å²) in [6, 6.07) is 15.0. The van der Waals surface area contributed by atoms with E-state index in [-0.39, 0.29) is 37.0 Å². The van der Waals surface area contributed by atoms with Crippen molar-refractivity contribution in [3.05, 3.63) is 71.3 Å². The average Bonchev–Trinajstić information content (AvgIpc) is 3.34. The molecule has 2 aromatic carbocycles. The molecule has 6 N–H and O–H groups in total. The maximum absolute atomic E-state index is 14.4. The van der Waals surface area contributed by atoms with Crippen LogP contribution in [0, 0.1) is 11.3 Å². The highest BCUT2D eigenvalue weighted by atomic mass is 32.2. The second-order valence-electron chi connectivity index (χ2n) is 10.8. The molecule has 3 atom stereocenters. The maximum Gasteiger partial charge on any atom is 0.247 e. The molecule has 1 unspecified atom stereocenters. The molecule has 0 aromatic heterocycles. The van der Waals surface area contributed by atoms with Crippen molar-refractivity contribution in [2.75, 3.05) is 6.54 Å². The third kappa shape index (κ3) is 5.86. The van der Waals surface area contributed by atoms with Crippen LogP contribution in [0.15, 0.2) is 54.6 Å². The Morgan fingerprint density at radius 2 is 1.67 bits per heavy atom. The molecule has 1 aliphatic heterocycles. The zero-order chi connectivity index (χ0) is 28.2. The summed E-state index contributed by atoms with van der Waals surface area (Å²) >= 11 is 0. The summed E-state index contributed by atoms with van der Waals surface area (Å²) in [4.78, 5) is 29.4. The van der Waals surface area contributed by atoms with E-state index in [0.717, 1.165) is 24.8 Å². The number of benzene rings is 2. The summed E-state index contributed by atoms with van der Waals surface area (Å²) in [5, 5.41) is 9.54. The molecule has 2 aliphatic rings. The fourth-order valence-corrected chi connectivity index (χ4v) is 8.63. The summed E-state index contributed by atoms with van der Waals surface area (Å²) in [7, 11) is -3.84. The first-order valence-corrected chi connectivity index (χ1v) is 15.3. The van der Waals surface area contributed by atoms with Crippen LogP contribution in [0.1, 0.15) is 62.1 Å². The fraction of sp³-hybridized carbons (Fsp3) is 0.483. The second kappa shape index (κ2) is 11.9. The number of amidine groups is 1. The van der Waals surface area contributed by atoms with E-state index in [4.69, 9.17) is 16.9 Å². The lowest BCUT2D eigenvalue weighted by Gasteiger charge is -2.47. The van der Waals surface area contributed by atoms with Crippen molar-refractivity contribution in [2.24, 2.45) is 17.4 Å². The number of amides is 2. The van der Waals surface area contributed by atoms with Crippen LogP contribution in [0.2, 0.25) is 0 Å². The Morgan fingerprint density at radius 3 is 2.26 bits per heavy atom. The first kappa shape index (κ1) is 28.8. The van der Waals surface area contributed by atoms with E-state index in [2.05, 4.69) is 5.32 Å². The number of sulfone groups is 1. The van der Waals surface area contributed by atoms with Crippen molar-refractivity contribution >= 4 is 27.5 Å². The van der Waals surface area contributed by atoms with Crippen molar-refractivity contribution in [2.45, 2.75) is 74.6 Å². The highest BCUT2D eigenvalue weighted by Gasteiger charge is 2.64. The SMILES string of the molecule is C[C@H](N)C(=O)N1CCC(S(=O)(=O)Cc2ccccc2)[C@]1(C(=O)NCc1ccc(C(=N)N)cc1)C1CCCCC1. The van der Waals surface area contributed by atoms with Gasteiger partial charge in [0.15, 0.2) is 9.84 Å². The van der Waals surface area contributed by atoms with Gasteiger partial charge < -0.3 is 21.7 Å². The maximum atomic E-state index is 14.4. The summed E-state index contributed by atoms with van der Waals surface area (Å²) in [6.45, 7) is 1.89. The molecule has 4 rings (SSSR count). The standard InChI is InChI=1S/C29H39N5O4S/c1-20(30)27(35)34-17-16-25(39(37,38)19-22-8-4-2-5-9-22)29(34,24-10-6-3-7-11-24)28(36)33-18-21-12-14-23(15-13-21)26(31)32/h2,4-5,8-9,12-15,20,24-25H,3,6-7,10-11,16-19,30H2,1H3,(H3,31,32)(H,33,36)/t20-,25?,29-/m0/s1. The number of hydrogen-bond donors (Lipinski definition) is 4. The molecule has 0 spiro atoms. The summed E-state index contributed by atoms with van der Waals surface area (Å²) < 4.78 is 28.2. The molecule has 1 saturated carbocycles. The molecule has 0 bridgehead atoms. The first-order valence-electron chi connectivity index (χ1n) is 13.6. The predicted octanol–water partition coefficient (Wildman–Crippen LogP) is 2.47. The number of nitrogens with one attached hydrogen (secondary N) is 2. The minimum atomic E-state index is -3.84.